The van der Waals surface area contributed by atoms with E-state index in [1.807, 2.05) is 36.4 Å². The van der Waals surface area contributed by atoms with Gasteiger partial charge in [-0.1, -0.05) is 18.2 Å². The molecule has 0 spiro atoms. The van der Waals surface area contributed by atoms with Crippen LogP contribution < -0.4 is 15.5 Å². The number of carbonyl (C=O) groups excluding carboxylic acids is 1. The molecule has 1 aromatic carbocycles. The molecule has 31 heavy (non-hydrogen) atoms. The monoisotopic (exact) mass is 438 g/mol. The summed E-state index contributed by atoms with van der Waals surface area (Å²) in [4.78, 5) is 19.4. The molecule has 0 radical (unpaired) electrons. The highest BCUT2D eigenvalue weighted by atomic mass is 32.1. The second-order valence-electron chi connectivity index (χ2n) is 7.11. The number of carbonyl (C=O) groups is 1. The van der Waals surface area contributed by atoms with Gasteiger partial charge >= 0.3 is 6.09 Å². The second-order valence-corrected chi connectivity index (χ2v) is 8.14. The highest BCUT2D eigenvalue weighted by molar-refractivity contribution is 7.09. The zero-order chi connectivity index (χ0) is 21.3. The molecule has 1 fully saturated rings. The lowest BCUT2D eigenvalue weighted by Crippen LogP contribution is -2.39. The Balaban J connectivity index is 1.33. The summed E-state index contributed by atoms with van der Waals surface area (Å²) in [5, 5.41) is 8.89. The van der Waals surface area contributed by atoms with Crippen molar-refractivity contribution in [1.82, 2.24) is 10.6 Å². The topological polar surface area (TPSA) is 79.1 Å². The van der Waals surface area contributed by atoms with Crippen molar-refractivity contribution in [1.29, 1.82) is 0 Å². The number of nitrogens with zero attached hydrogens (tertiary/aromatic N) is 2. The Morgan fingerprint density at radius 2 is 1.90 bits per heavy atom. The van der Waals surface area contributed by atoms with Gasteiger partial charge in [0.25, 0.3) is 0 Å². The number of ether oxygens (including phenoxy) is 1. The molecule has 162 valence electrons. The van der Waals surface area contributed by atoms with Crippen LogP contribution in [0.5, 0.6) is 0 Å². The first kappa shape index (κ1) is 21.0. The molecular weight excluding hydrogens is 412 g/mol. The molecule has 8 heteroatoms. The summed E-state index contributed by atoms with van der Waals surface area (Å²) in [6, 6.07) is 16.0. The molecular formula is C23H26N4O3S. The lowest BCUT2D eigenvalue weighted by Gasteiger charge is -2.14. The van der Waals surface area contributed by atoms with Crippen LogP contribution in [0.3, 0.4) is 0 Å². The van der Waals surface area contributed by atoms with Crippen LogP contribution in [-0.2, 0) is 24.1 Å². The van der Waals surface area contributed by atoms with Crippen LogP contribution in [0.2, 0.25) is 0 Å². The molecule has 1 saturated heterocycles. The van der Waals surface area contributed by atoms with E-state index in [4.69, 9.17) is 14.1 Å². The number of rotatable bonds is 9. The van der Waals surface area contributed by atoms with Gasteiger partial charge in [-0.2, -0.15) is 0 Å². The number of hydrogen-bond acceptors (Lipinski definition) is 5. The average Bonchev–Trinajstić information content (AvgIpc) is 3.56. The number of anilines is 1. The quantitative estimate of drug-likeness (QED) is 0.392. The maximum Gasteiger partial charge on any atom is 0.414 e. The molecule has 0 atom stereocenters. The first-order valence-electron chi connectivity index (χ1n) is 10.4. The van der Waals surface area contributed by atoms with E-state index in [0.717, 1.165) is 48.9 Å². The first-order valence-corrected chi connectivity index (χ1v) is 11.3. The highest BCUT2D eigenvalue weighted by Crippen LogP contribution is 2.19. The number of amides is 1. The van der Waals surface area contributed by atoms with Gasteiger partial charge in [-0.15, -0.1) is 11.3 Å². The van der Waals surface area contributed by atoms with Gasteiger partial charge < -0.3 is 19.8 Å². The Bertz CT molecular complexity index is 927. The molecule has 2 aromatic heterocycles. The van der Waals surface area contributed by atoms with E-state index < -0.39 is 0 Å². The predicted octanol–water partition coefficient (Wildman–Crippen LogP) is 3.82. The van der Waals surface area contributed by atoms with Crippen molar-refractivity contribution < 1.29 is 13.9 Å². The number of hydrogen-bond donors (Lipinski definition) is 2. The highest BCUT2D eigenvalue weighted by Gasteiger charge is 2.23. The van der Waals surface area contributed by atoms with Gasteiger partial charge in [-0.3, -0.25) is 4.90 Å². The summed E-state index contributed by atoms with van der Waals surface area (Å²) in [5.41, 5.74) is 1.92. The molecule has 0 aliphatic carbocycles. The van der Waals surface area contributed by atoms with E-state index in [0.29, 0.717) is 19.7 Å². The van der Waals surface area contributed by atoms with Crippen molar-refractivity contribution in [3.05, 3.63) is 76.4 Å². The van der Waals surface area contributed by atoms with Crippen LogP contribution in [0.1, 0.15) is 16.2 Å². The average molecular weight is 439 g/mol. The molecule has 0 saturated carbocycles. The van der Waals surface area contributed by atoms with E-state index in [1.54, 1.807) is 22.5 Å². The number of thiophene rings is 1. The van der Waals surface area contributed by atoms with Crippen LogP contribution in [-0.4, -0.2) is 38.3 Å². The van der Waals surface area contributed by atoms with Gasteiger partial charge in [-0.05, 0) is 47.7 Å². The molecule has 3 heterocycles. The normalized spacial score (nSPS) is 14.0. The molecule has 7 nitrogen and oxygen atoms in total. The largest absolute Gasteiger partial charge is 0.469 e. The minimum Gasteiger partial charge on any atom is -0.469 e. The fourth-order valence-electron chi connectivity index (χ4n) is 3.27. The molecule has 2 N–H and O–H groups in total. The second kappa shape index (κ2) is 10.7. The summed E-state index contributed by atoms with van der Waals surface area (Å²) in [5.74, 6) is 1.72. The summed E-state index contributed by atoms with van der Waals surface area (Å²) in [6.45, 7) is 3.11. The number of nitrogens with one attached hydrogen (secondary N) is 2. The Hall–Kier alpha value is -3.26. The van der Waals surface area contributed by atoms with Crippen molar-refractivity contribution >= 4 is 29.1 Å². The van der Waals surface area contributed by atoms with Gasteiger partial charge in [0.1, 0.15) is 12.4 Å². The van der Waals surface area contributed by atoms with Gasteiger partial charge in [0, 0.05) is 30.1 Å². The smallest absolute Gasteiger partial charge is 0.414 e. The first-order chi connectivity index (χ1) is 15.3. The maximum atomic E-state index is 11.7. The summed E-state index contributed by atoms with van der Waals surface area (Å²) >= 11 is 1.76. The van der Waals surface area contributed by atoms with Crippen molar-refractivity contribution in [2.75, 3.05) is 31.1 Å². The molecule has 1 amide bonds. The molecule has 1 aliphatic heterocycles. The summed E-state index contributed by atoms with van der Waals surface area (Å²) in [6.07, 6.45) is 3.15. The lowest BCUT2D eigenvalue weighted by atomic mass is 10.2. The molecule has 0 unspecified atom stereocenters. The number of furan rings is 1. The van der Waals surface area contributed by atoms with Gasteiger partial charge in [-0.25, -0.2) is 9.79 Å². The minimum atomic E-state index is -0.288. The fourth-order valence-corrected chi connectivity index (χ4v) is 3.98. The number of aliphatic imine (C=N–C) groups is 1. The van der Waals surface area contributed by atoms with Gasteiger partial charge in [0.2, 0.25) is 0 Å². The number of benzene rings is 1. The Morgan fingerprint density at radius 3 is 2.58 bits per heavy atom. The zero-order valence-electron chi connectivity index (χ0n) is 17.3. The van der Waals surface area contributed by atoms with Crippen LogP contribution in [0.15, 0.2) is 69.6 Å². The molecule has 0 bridgehead atoms. The Morgan fingerprint density at radius 1 is 1.06 bits per heavy atom. The maximum absolute atomic E-state index is 11.7. The summed E-state index contributed by atoms with van der Waals surface area (Å²) < 4.78 is 10.4. The SMILES string of the molecule is O=C1OCCN1c1ccc(CN=C(NCCc2ccco2)NCCc2cccs2)cc1. The number of guanidine groups is 1. The Labute approximate surface area is 185 Å². The fraction of sp³-hybridized carbons (Fsp3) is 0.304. The minimum absolute atomic E-state index is 0.288. The third-order valence-electron chi connectivity index (χ3n) is 4.92. The van der Waals surface area contributed by atoms with E-state index in [9.17, 15) is 4.79 Å². The zero-order valence-corrected chi connectivity index (χ0v) is 18.1. The van der Waals surface area contributed by atoms with Gasteiger partial charge in [0.15, 0.2) is 5.96 Å². The molecule has 3 aromatic rings. The third kappa shape index (κ3) is 6.11. The number of cyclic esters (lactones) is 1. The van der Waals surface area contributed by atoms with Crippen molar-refractivity contribution in [2.45, 2.75) is 19.4 Å². The van der Waals surface area contributed by atoms with Crippen LogP contribution in [0.4, 0.5) is 10.5 Å². The van der Waals surface area contributed by atoms with Gasteiger partial charge in [0.05, 0.1) is 19.4 Å². The Kier molecular flexibility index (Phi) is 7.23. The molecule has 4 rings (SSSR count). The van der Waals surface area contributed by atoms with E-state index >= 15 is 0 Å². The van der Waals surface area contributed by atoms with E-state index in [1.165, 1.54) is 4.88 Å². The van der Waals surface area contributed by atoms with Crippen LogP contribution in [0.25, 0.3) is 0 Å². The van der Waals surface area contributed by atoms with Crippen molar-refractivity contribution in [3.8, 4) is 0 Å². The molecule has 1 aliphatic rings. The van der Waals surface area contributed by atoms with Crippen LogP contribution >= 0.6 is 11.3 Å². The summed E-state index contributed by atoms with van der Waals surface area (Å²) in [7, 11) is 0. The van der Waals surface area contributed by atoms with Crippen LogP contribution in [0, 0.1) is 0 Å². The predicted molar refractivity (Wildman–Crippen MR) is 123 cm³/mol. The van der Waals surface area contributed by atoms with Crippen molar-refractivity contribution in [2.24, 2.45) is 4.99 Å². The standard InChI is InChI=1S/C23H26N4O3S/c28-23-27(13-15-30-23)19-7-5-18(6-8-19)17-26-22(24-11-9-20-3-1-14-29-20)25-12-10-21-4-2-16-31-21/h1-8,14,16H,9-13,15,17H2,(H2,24,25,26). The third-order valence-corrected chi connectivity index (χ3v) is 5.85. The lowest BCUT2D eigenvalue weighted by molar-refractivity contribution is 0.181. The van der Waals surface area contributed by atoms with E-state index in [2.05, 4.69) is 28.1 Å². The van der Waals surface area contributed by atoms with E-state index in [-0.39, 0.29) is 6.09 Å². The van der Waals surface area contributed by atoms with Crippen molar-refractivity contribution in [3.63, 3.8) is 0 Å².